The van der Waals surface area contributed by atoms with Crippen LogP contribution in [0.15, 0.2) is 11.6 Å². The second-order valence-electron chi connectivity index (χ2n) is 5.78. The maximum absolute atomic E-state index is 8.89. The lowest BCUT2D eigenvalue weighted by Crippen LogP contribution is -2.13. The first-order chi connectivity index (χ1) is 8.74. The van der Waals surface area contributed by atoms with Crippen LogP contribution in [-0.2, 0) is 0 Å². The van der Waals surface area contributed by atoms with Crippen LogP contribution in [-0.4, -0.2) is 23.4 Å². The van der Waals surface area contributed by atoms with Crippen LogP contribution in [0.3, 0.4) is 0 Å². The van der Waals surface area contributed by atoms with E-state index in [1.165, 1.54) is 32.1 Å². The molecule has 2 nitrogen and oxygen atoms in total. The van der Waals surface area contributed by atoms with Gasteiger partial charge in [0.05, 0.1) is 6.61 Å². The molecule has 0 heterocycles. The smallest absolute Gasteiger partial charge is 0.0641 e. The van der Waals surface area contributed by atoms with Crippen molar-refractivity contribution in [3.63, 3.8) is 0 Å². The second kappa shape index (κ2) is 8.71. The first-order valence-electron chi connectivity index (χ1n) is 7.64. The molecule has 0 spiro atoms. The van der Waals surface area contributed by atoms with Crippen LogP contribution in [0, 0.1) is 17.8 Å². The molecule has 2 N–H and O–H groups in total. The third-order valence-corrected chi connectivity index (χ3v) is 4.50. The molecule has 2 aliphatic carbocycles. The van der Waals surface area contributed by atoms with E-state index in [1.54, 1.807) is 0 Å². The van der Waals surface area contributed by atoms with Gasteiger partial charge in [0.2, 0.25) is 0 Å². The largest absolute Gasteiger partial charge is 0.396 e. The lowest BCUT2D eigenvalue weighted by atomic mass is 9.90. The van der Waals surface area contributed by atoms with E-state index in [9.17, 15) is 0 Å². The van der Waals surface area contributed by atoms with Gasteiger partial charge in [-0.25, -0.2) is 0 Å². The topological polar surface area (TPSA) is 40.5 Å². The molecule has 0 aliphatic heterocycles. The predicted molar refractivity (Wildman–Crippen MR) is 76.4 cm³/mol. The van der Waals surface area contributed by atoms with Gasteiger partial charge in [-0.05, 0) is 55.4 Å². The van der Waals surface area contributed by atoms with Gasteiger partial charge in [0, 0.05) is 6.61 Å². The molecule has 2 heteroatoms. The number of fused-ring (bicyclic) bond motifs is 2. The molecule has 2 rings (SSSR count). The summed E-state index contributed by atoms with van der Waals surface area (Å²) in [6, 6.07) is 0. The summed E-state index contributed by atoms with van der Waals surface area (Å²) in [5.41, 5.74) is 1.16. The van der Waals surface area contributed by atoms with E-state index in [1.807, 2.05) is 0 Å². The molecule has 0 aromatic rings. The molecule has 0 amide bonds. The molecular weight excluding hydrogens is 224 g/mol. The van der Waals surface area contributed by atoms with Crippen molar-refractivity contribution in [2.24, 2.45) is 17.8 Å². The summed E-state index contributed by atoms with van der Waals surface area (Å²) in [5.74, 6) is 2.58. The molecule has 2 bridgehead atoms. The molecule has 0 saturated heterocycles. The Kier molecular flexibility index (Phi) is 7.60. The zero-order valence-electron chi connectivity index (χ0n) is 12.1. The molecule has 0 radical (unpaired) electrons. The van der Waals surface area contributed by atoms with Gasteiger partial charge in [-0.1, -0.05) is 32.8 Å². The highest BCUT2D eigenvalue weighted by Crippen LogP contribution is 2.47. The van der Waals surface area contributed by atoms with Gasteiger partial charge in [0.15, 0.2) is 0 Å². The van der Waals surface area contributed by atoms with Crippen molar-refractivity contribution >= 4 is 0 Å². The third-order valence-electron chi connectivity index (χ3n) is 4.50. The molecule has 0 aromatic heterocycles. The van der Waals surface area contributed by atoms with Crippen molar-refractivity contribution in [3.8, 4) is 0 Å². The van der Waals surface area contributed by atoms with Gasteiger partial charge in [0.1, 0.15) is 0 Å². The highest BCUT2D eigenvalue weighted by atomic mass is 16.3. The van der Waals surface area contributed by atoms with Crippen LogP contribution in [0.1, 0.15) is 58.8 Å². The van der Waals surface area contributed by atoms with Crippen LogP contribution in [0.4, 0.5) is 0 Å². The average Bonchev–Trinajstić information content (AvgIpc) is 3.03. The number of allylic oxidation sites excluding steroid dienone is 1. The summed E-state index contributed by atoms with van der Waals surface area (Å²) in [4.78, 5) is 0. The molecule has 3 atom stereocenters. The van der Waals surface area contributed by atoms with Crippen LogP contribution < -0.4 is 0 Å². The Morgan fingerprint density at radius 2 is 1.94 bits per heavy atom. The summed E-state index contributed by atoms with van der Waals surface area (Å²) < 4.78 is 0. The van der Waals surface area contributed by atoms with E-state index in [-0.39, 0.29) is 6.61 Å². The summed E-state index contributed by atoms with van der Waals surface area (Å²) in [7, 11) is 0. The van der Waals surface area contributed by atoms with Crippen LogP contribution >= 0.6 is 0 Å². The molecule has 106 valence electrons. The van der Waals surface area contributed by atoms with Crippen LogP contribution in [0.2, 0.25) is 0 Å². The van der Waals surface area contributed by atoms with E-state index in [2.05, 4.69) is 19.9 Å². The molecule has 3 unspecified atom stereocenters. The Hall–Kier alpha value is -0.340. The number of hydrogen-bond acceptors (Lipinski definition) is 2. The van der Waals surface area contributed by atoms with E-state index in [4.69, 9.17) is 10.2 Å². The molecule has 2 fully saturated rings. The fourth-order valence-electron chi connectivity index (χ4n) is 3.27. The van der Waals surface area contributed by atoms with Gasteiger partial charge >= 0.3 is 0 Å². The normalized spacial score (nSPS) is 30.2. The number of hydrogen-bond donors (Lipinski definition) is 2. The average molecular weight is 254 g/mol. The fraction of sp³-hybridized carbons (Fsp3) is 0.875. The van der Waals surface area contributed by atoms with E-state index in [0.29, 0.717) is 12.5 Å². The fourth-order valence-corrected chi connectivity index (χ4v) is 3.27. The molecule has 18 heavy (non-hydrogen) atoms. The van der Waals surface area contributed by atoms with Crippen molar-refractivity contribution in [2.75, 3.05) is 13.2 Å². The highest BCUT2D eigenvalue weighted by Gasteiger charge is 2.38. The Balaban J connectivity index is 0.000000180. The highest BCUT2D eigenvalue weighted by molar-refractivity contribution is 5.00. The van der Waals surface area contributed by atoms with Crippen LogP contribution in [0.25, 0.3) is 0 Å². The number of rotatable bonds is 5. The van der Waals surface area contributed by atoms with Crippen molar-refractivity contribution in [2.45, 2.75) is 58.8 Å². The standard InChI is InChI=1S/C8H14O.C8H16O/c9-5-8-4-6-1-2-7(8)3-6;1-3-5-6-8(4-2)7-9/h6-9H,1-5H2;6,9H,3-5,7H2,1-2H3/b;8-6+. The van der Waals surface area contributed by atoms with Crippen molar-refractivity contribution in [3.05, 3.63) is 11.6 Å². The van der Waals surface area contributed by atoms with Crippen molar-refractivity contribution < 1.29 is 10.2 Å². The lowest BCUT2D eigenvalue weighted by molar-refractivity contribution is 0.177. The first kappa shape index (κ1) is 15.7. The predicted octanol–water partition coefficient (Wildman–Crippen LogP) is 3.53. The van der Waals surface area contributed by atoms with E-state index in [0.717, 1.165) is 30.3 Å². The first-order valence-corrected chi connectivity index (χ1v) is 7.64. The molecule has 0 aromatic carbocycles. The Morgan fingerprint density at radius 3 is 2.28 bits per heavy atom. The van der Waals surface area contributed by atoms with Gasteiger partial charge < -0.3 is 10.2 Å². The zero-order chi connectivity index (χ0) is 13.4. The Morgan fingerprint density at radius 1 is 1.17 bits per heavy atom. The Labute approximate surface area is 112 Å². The van der Waals surface area contributed by atoms with Crippen molar-refractivity contribution in [1.82, 2.24) is 0 Å². The van der Waals surface area contributed by atoms with Crippen LogP contribution in [0.5, 0.6) is 0 Å². The van der Waals surface area contributed by atoms with Gasteiger partial charge in [0.25, 0.3) is 0 Å². The van der Waals surface area contributed by atoms with Gasteiger partial charge in [-0.2, -0.15) is 0 Å². The molecule has 2 aliphatic rings. The minimum absolute atomic E-state index is 0.233. The summed E-state index contributed by atoms with van der Waals surface area (Å²) in [5, 5.41) is 17.6. The van der Waals surface area contributed by atoms with E-state index < -0.39 is 0 Å². The monoisotopic (exact) mass is 254 g/mol. The number of unbranched alkanes of at least 4 members (excludes halogenated alkanes) is 1. The molecular formula is C16H30O2. The number of aliphatic hydroxyl groups excluding tert-OH is 2. The van der Waals surface area contributed by atoms with Gasteiger partial charge in [-0.15, -0.1) is 0 Å². The van der Waals surface area contributed by atoms with E-state index >= 15 is 0 Å². The third kappa shape index (κ3) is 4.74. The van der Waals surface area contributed by atoms with Crippen molar-refractivity contribution in [1.29, 1.82) is 0 Å². The minimum Gasteiger partial charge on any atom is -0.396 e. The maximum Gasteiger partial charge on any atom is 0.0641 e. The summed E-state index contributed by atoms with van der Waals surface area (Å²) in [6.45, 7) is 4.89. The quantitative estimate of drug-likeness (QED) is 0.737. The summed E-state index contributed by atoms with van der Waals surface area (Å²) >= 11 is 0. The maximum atomic E-state index is 8.89. The second-order valence-corrected chi connectivity index (χ2v) is 5.78. The summed E-state index contributed by atoms with van der Waals surface area (Å²) in [6.07, 6.45) is 11.0. The SMILES string of the molecule is CCC/C=C(\CC)CO.OCC1CC2CCC1C2. The number of aliphatic hydroxyl groups is 2. The van der Waals surface area contributed by atoms with Gasteiger partial charge in [-0.3, -0.25) is 0 Å². The lowest BCUT2D eigenvalue weighted by Gasteiger charge is -2.18. The minimum atomic E-state index is 0.233. The molecule has 2 saturated carbocycles. The Bertz CT molecular complexity index is 241. The zero-order valence-corrected chi connectivity index (χ0v) is 12.1.